The average molecular weight is 281 g/mol. The summed E-state index contributed by atoms with van der Waals surface area (Å²) in [5.41, 5.74) is 5.59. The number of piperidine rings is 1. The minimum Gasteiger partial charge on any atom is -0.353 e. The van der Waals surface area contributed by atoms with Gasteiger partial charge in [0, 0.05) is 38.1 Å². The van der Waals surface area contributed by atoms with E-state index in [1.807, 2.05) is 0 Å². The first-order chi connectivity index (χ1) is 9.79. The number of rotatable bonds is 4. The van der Waals surface area contributed by atoms with Gasteiger partial charge in [-0.15, -0.1) is 0 Å². The van der Waals surface area contributed by atoms with Crippen LogP contribution in [0.5, 0.6) is 0 Å². The van der Waals surface area contributed by atoms with E-state index in [1.165, 1.54) is 32.1 Å². The zero-order valence-corrected chi connectivity index (χ0v) is 12.8. The molecule has 2 aliphatic rings. The van der Waals surface area contributed by atoms with Gasteiger partial charge in [0.1, 0.15) is 0 Å². The van der Waals surface area contributed by atoms with Crippen LogP contribution in [0.4, 0.5) is 0 Å². The fourth-order valence-corrected chi connectivity index (χ4v) is 3.52. The zero-order valence-electron chi connectivity index (χ0n) is 12.8. The summed E-state index contributed by atoms with van der Waals surface area (Å²) in [5, 5.41) is 3.30. The van der Waals surface area contributed by atoms with Gasteiger partial charge < -0.3 is 16.0 Å². The molecule has 20 heavy (non-hydrogen) atoms. The largest absolute Gasteiger partial charge is 0.353 e. The molecule has 2 rings (SSSR count). The molecule has 4 nitrogen and oxygen atoms in total. The van der Waals surface area contributed by atoms with Crippen molar-refractivity contribution in [3.63, 3.8) is 0 Å². The first-order valence-electron chi connectivity index (χ1n) is 8.52. The lowest BCUT2D eigenvalue weighted by molar-refractivity contribution is -0.126. The second kappa shape index (κ2) is 8.63. The molecule has 1 saturated carbocycles. The van der Waals surface area contributed by atoms with Gasteiger partial charge in [-0.2, -0.15) is 0 Å². The van der Waals surface area contributed by atoms with Crippen molar-refractivity contribution in [3.8, 4) is 0 Å². The monoisotopic (exact) mass is 281 g/mol. The van der Waals surface area contributed by atoms with E-state index in [0.717, 1.165) is 51.9 Å². The Morgan fingerprint density at radius 2 is 1.60 bits per heavy atom. The molecule has 1 heterocycles. The molecule has 0 aromatic carbocycles. The summed E-state index contributed by atoms with van der Waals surface area (Å²) in [7, 11) is 0. The first kappa shape index (κ1) is 15.8. The van der Waals surface area contributed by atoms with Gasteiger partial charge >= 0.3 is 0 Å². The number of nitrogens with two attached hydrogens (primary N) is 1. The van der Waals surface area contributed by atoms with Crippen LogP contribution in [0.15, 0.2) is 0 Å². The smallest absolute Gasteiger partial charge is 0.223 e. The molecular formula is C16H31N3O. The summed E-state index contributed by atoms with van der Waals surface area (Å²) in [4.78, 5) is 14.8. The Kier molecular flexibility index (Phi) is 6.80. The van der Waals surface area contributed by atoms with Gasteiger partial charge in [-0.3, -0.25) is 4.79 Å². The van der Waals surface area contributed by atoms with Crippen LogP contribution in [0.25, 0.3) is 0 Å². The fourth-order valence-electron chi connectivity index (χ4n) is 3.52. The molecule has 116 valence electrons. The standard InChI is InChI=1S/C16H31N3O/c17-10-13-19-11-8-15(9-12-19)18-16(20)14-6-4-2-1-3-5-7-14/h14-15H,1-13,17H2,(H,18,20). The number of carbonyl (C=O) groups is 1. The third-order valence-electron chi connectivity index (χ3n) is 4.86. The van der Waals surface area contributed by atoms with Crippen LogP contribution in [-0.2, 0) is 4.79 Å². The third kappa shape index (κ3) is 5.06. The predicted molar refractivity (Wildman–Crippen MR) is 82.5 cm³/mol. The number of nitrogens with zero attached hydrogens (tertiary/aromatic N) is 1. The van der Waals surface area contributed by atoms with Crippen LogP contribution in [0.1, 0.15) is 57.8 Å². The Hall–Kier alpha value is -0.610. The zero-order chi connectivity index (χ0) is 14.2. The van der Waals surface area contributed by atoms with Crippen LogP contribution in [0.3, 0.4) is 0 Å². The number of hydrogen-bond acceptors (Lipinski definition) is 3. The van der Waals surface area contributed by atoms with E-state index in [9.17, 15) is 4.79 Å². The summed E-state index contributed by atoms with van der Waals surface area (Å²) in [6.07, 6.45) is 10.8. The lowest BCUT2D eigenvalue weighted by Gasteiger charge is -2.33. The summed E-state index contributed by atoms with van der Waals surface area (Å²) in [6, 6.07) is 0.391. The Balaban J connectivity index is 1.71. The summed E-state index contributed by atoms with van der Waals surface area (Å²) >= 11 is 0. The van der Waals surface area contributed by atoms with E-state index in [1.54, 1.807) is 0 Å². The van der Waals surface area contributed by atoms with E-state index in [2.05, 4.69) is 10.2 Å². The minimum atomic E-state index is 0.275. The van der Waals surface area contributed by atoms with Crippen molar-refractivity contribution in [2.75, 3.05) is 26.2 Å². The van der Waals surface area contributed by atoms with Gasteiger partial charge in [-0.05, 0) is 25.7 Å². The number of carbonyl (C=O) groups excluding carboxylic acids is 1. The van der Waals surface area contributed by atoms with E-state index in [-0.39, 0.29) is 5.92 Å². The van der Waals surface area contributed by atoms with Gasteiger partial charge in [0.25, 0.3) is 0 Å². The van der Waals surface area contributed by atoms with Crippen molar-refractivity contribution < 1.29 is 4.79 Å². The van der Waals surface area contributed by atoms with Crippen LogP contribution < -0.4 is 11.1 Å². The first-order valence-corrected chi connectivity index (χ1v) is 8.52. The highest BCUT2D eigenvalue weighted by molar-refractivity contribution is 5.78. The molecule has 1 aliphatic heterocycles. The van der Waals surface area contributed by atoms with Gasteiger partial charge in [0.05, 0.1) is 0 Å². The van der Waals surface area contributed by atoms with Crippen molar-refractivity contribution in [1.82, 2.24) is 10.2 Å². The van der Waals surface area contributed by atoms with Crippen LogP contribution >= 0.6 is 0 Å². The Bertz CT molecular complexity index is 279. The molecular weight excluding hydrogens is 250 g/mol. The summed E-state index contributed by atoms with van der Waals surface area (Å²) < 4.78 is 0. The van der Waals surface area contributed by atoms with Gasteiger partial charge in [0.15, 0.2) is 0 Å². The highest BCUT2D eigenvalue weighted by Gasteiger charge is 2.24. The molecule has 3 N–H and O–H groups in total. The van der Waals surface area contributed by atoms with Crippen LogP contribution in [0.2, 0.25) is 0 Å². The molecule has 0 aromatic heterocycles. The Morgan fingerprint density at radius 1 is 1.00 bits per heavy atom. The summed E-state index contributed by atoms with van der Waals surface area (Å²) in [6.45, 7) is 3.88. The van der Waals surface area contributed by atoms with Crippen molar-refractivity contribution in [3.05, 3.63) is 0 Å². The Labute approximate surface area is 123 Å². The molecule has 0 spiro atoms. The van der Waals surface area contributed by atoms with Gasteiger partial charge in [-0.1, -0.05) is 32.1 Å². The highest BCUT2D eigenvalue weighted by Crippen LogP contribution is 2.23. The predicted octanol–water partition coefficient (Wildman–Crippen LogP) is 1.89. The molecule has 1 saturated heterocycles. The van der Waals surface area contributed by atoms with Crippen molar-refractivity contribution in [2.24, 2.45) is 11.7 Å². The molecule has 1 amide bonds. The molecule has 2 fully saturated rings. The van der Waals surface area contributed by atoms with E-state index >= 15 is 0 Å². The van der Waals surface area contributed by atoms with Crippen molar-refractivity contribution >= 4 is 5.91 Å². The second-order valence-electron chi connectivity index (χ2n) is 6.46. The topological polar surface area (TPSA) is 58.4 Å². The molecule has 4 heteroatoms. The lowest BCUT2D eigenvalue weighted by atomic mass is 9.90. The van der Waals surface area contributed by atoms with Crippen molar-refractivity contribution in [1.29, 1.82) is 0 Å². The second-order valence-corrected chi connectivity index (χ2v) is 6.46. The van der Waals surface area contributed by atoms with Crippen LogP contribution in [0, 0.1) is 5.92 Å². The molecule has 0 atom stereocenters. The van der Waals surface area contributed by atoms with E-state index in [4.69, 9.17) is 5.73 Å². The number of hydrogen-bond donors (Lipinski definition) is 2. The molecule has 1 aliphatic carbocycles. The van der Waals surface area contributed by atoms with Gasteiger partial charge in [-0.25, -0.2) is 0 Å². The van der Waals surface area contributed by atoms with Gasteiger partial charge in [0.2, 0.25) is 5.91 Å². The maximum Gasteiger partial charge on any atom is 0.223 e. The third-order valence-corrected chi connectivity index (χ3v) is 4.86. The fraction of sp³-hybridized carbons (Fsp3) is 0.938. The lowest BCUT2D eigenvalue weighted by Crippen LogP contribution is -2.47. The van der Waals surface area contributed by atoms with Crippen molar-refractivity contribution in [2.45, 2.75) is 63.8 Å². The number of likely N-dealkylation sites (tertiary alicyclic amines) is 1. The summed E-state index contributed by atoms with van der Waals surface area (Å²) in [5.74, 6) is 0.599. The highest BCUT2D eigenvalue weighted by atomic mass is 16.1. The van der Waals surface area contributed by atoms with Crippen LogP contribution in [-0.4, -0.2) is 43.0 Å². The molecule has 0 bridgehead atoms. The maximum absolute atomic E-state index is 12.4. The number of nitrogens with one attached hydrogen (secondary N) is 1. The average Bonchev–Trinajstić information content (AvgIpc) is 2.41. The minimum absolute atomic E-state index is 0.275. The van der Waals surface area contributed by atoms with E-state index < -0.39 is 0 Å². The molecule has 0 radical (unpaired) electrons. The normalized spacial score (nSPS) is 24.1. The molecule has 0 unspecified atom stereocenters. The number of amides is 1. The molecule has 0 aromatic rings. The SMILES string of the molecule is NCCN1CCC(NC(=O)C2CCCCCCC2)CC1. The Morgan fingerprint density at radius 3 is 2.20 bits per heavy atom. The quantitative estimate of drug-likeness (QED) is 0.827. The van der Waals surface area contributed by atoms with E-state index in [0.29, 0.717) is 11.9 Å². The maximum atomic E-state index is 12.4.